The third-order valence-corrected chi connectivity index (χ3v) is 2.60. The van der Waals surface area contributed by atoms with E-state index >= 15 is 0 Å². The van der Waals surface area contributed by atoms with Gasteiger partial charge < -0.3 is 4.42 Å². The average molecular weight is 196 g/mol. The maximum atomic E-state index is 5.55. The molecule has 0 aromatic carbocycles. The molecule has 0 radical (unpaired) electrons. The van der Waals surface area contributed by atoms with E-state index in [1.807, 2.05) is 13.0 Å². The molecule has 0 aliphatic carbocycles. The van der Waals surface area contributed by atoms with Gasteiger partial charge in [-0.15, -0.1) is 0 Å². The Morgan fingerprint density at radius 2 is 2.29 bits per heavy atom. The Labute approximate surface area is 85.6 Å². The third-order valence-electron chi connectivity index (χ3n) is 2.60. The van der Waals surface area contributed by atoms with Gasteiger partial charge in [-0.05, 0) is 25.3 Å². The zero-order chi connectivity index (χ0) is 10.6. The van der Waals surface area contributed by atoms with Crippen LogP contribution in [0.4, 0.5) is 0 Å². The second-order valence-electron chi connectivity index (χ2n) is 3.90. The first kappa shape index (κ1) is 11.3. The molecule has 3 N–H and O–H groups in total. The molecular weight excluding hydrogens is 176 g/mol. The molecule has 14 heavy (non-hydrogen) atoms. The fourth-order valence-electron chi connectivity index (χ4n) is 1.84. The summed E-state index contributed by atoms with van der Waals surface area (Å²) in [5, 5.41) is 0. The van der Waals surface area contributed by atoms with E-state index in [1.54, 1.807) is 6.26 Å². The highest BCUT2D eigenvalue weighted by Crippen LogP contribution is 2.25. The van der Waals surface area contributed by atoms with Crippen molar-refractivity contribution in [2.24, 2.45) is 11.8 Å². The van der Waals surface area contributed by atoms with Crippen molar-refractivity contribution in [1.29, 1.82) is 0 Å². The maximum absolute atomic E-state index is 5.55. The molecule has 0 aliphatic rings. The number of nitrogens with one attached hydrogen (secondary N) is 1. The van der Waals surface area contributed by atoms with E-state index in [0.29, 0.717) is 5.92 Å². The van der Waals surface area contributed by atoms with Gasteiger partial charge in [0, 0.05) is 5.56 Å². The lowest BCUT2D eigenvalue weighted by Gasteiger charge is -2.21. The van der Waals surface area contributed by atoms with Gasteiger partial charge in [0.15, 0.2) is 0 Å². The van der Waals surface area contributed by atoms with Crippen LogP contribution >= 0.6 is 0 Å². The Bertz CT molecular complexity index is 270. The number of hydrazine groups is 1. The van der Waals surface area contributed by atoms with Crippen molar-refractivity contribution in [3.05, 3.63) is 23.7 Å². The first-order valence-electron chi connectivity index (χ1n) is 5.20. The Morgan fingerprint density at radius 3 is 2.71 bits per heavy atom. The molecule has 2 unspecified atom stereocenters. The molecule has 1 heterocycles. The number of hydrogen-bond acceptors (Lipinski definition) is 3. The van der Waals surface area contributed by atoms with E-state index in [2.05, 4.69) is 19.3 Å². The number of aryl methyl sites for hydroxylation is 1. The zero-order valence-electron chi connectivity index (χ0n) is 9.21. The molecule has 1 aromatic heterocycles. The van der Waals surface area contributed by atoms with Crippen LogP contribution in [-0.4, -0.2) is 0 Å². The molecule has 1 aromatic rings. The van der Waals surface area contributed by atoms with Gasteiger partial charge in [0.2, 0.25) is 0 Å². The largest absolute Gasteiger partial charge is 0.469 e. The first-order valence-corrected chi connectivity index (χ1v) is 5.20. The van der Waals surface area contributed by atoms with Crippen LogP contribution in [0.5, 0.6) is 0 Å². The van der Waals surface area contributed by atoms with E-state index in [1.165, 1.54) is 12.8 Å². The summed E-state index contributed by atoms with van der Waals surface area (Å²) >= 11 is 0. The summed E-state index contributed by atoms with van der Waals surface area (Å²) in [6, 6.07) is 2.24. The van der Waals surface area contributed by atoms with Crippen LogP contribution in [0.15, 0.2) is 16.7 Å². The summed E-state index contributed by atoms with van der Waals surface area (Å²) in [4.78, 5) is 0. The highest BCUT2D eigenvalue weighted by Gasteiger charge is 2.18. The van der Waals surface area contributed by atoms with E-state index in [4.69, 9.17) is 10.3 Å². The van der Waals surface area contributed by atoms with E-state index in [-0.39, 0.29) is 6.04 Å². The molecule has 0 saturated carbocycles. The van der Waals surface area contributed by atoms with Crippen LogP contribution in [0.1, 0.15) is 44.1 Å². The van der Waals surface area contributed by atoms with Gasteiger partial charge in [0.05, 0.1) is 12.3 Å². The zero-order valence-corrected chi connectivity index (χ0v) is 9.21. The second-order valence-corrected chi connectivity index (χ2v) is 3.90. The van der Waals surface area contributed by atoms with Crippen molar-refractivity contribution < 1.29 is 4.42 Å². The van der Waals surface area contributed by atoms with Crippen LogP contribution < -0.4 is 11.3 Å². The minimum Gasteiger partial charge on any atom is -0.469 e. The fraction of sp³-hybridized carbons (Fsp3) is 0.636. The highest BCUT2D eigenvalue weighted by atomic mass is 16.3. The van der Waals surface area contributed by atoms with Gasteiger partial charge >= 0.3 is 0 Å². The molecule has 1 rings (SSSR count). The van der Waals surface area contributed by atoms with E-state index in [9.17, 15) is 0 Å². The molecule has 80 valence electrons. The average Bonchev–Trinajstić information content (AvgIpc) is 2.54. The molecule has 0 amide bonds. The Morgan fingerprint density at radius 1 is 1.57 bits per heavy atom. The summed E-state index contributed by atoms with van der Waals surface area (Å²) in [5.74, 6) is 7.02. The monoisotopic (exact) mass is 196 g/mol. The normalized spacial score (nSPS) is 15.4. The van der Waals surface area contributed by atoms with Crippen molar-refractivity contribution in [1.82, 2.24) is 5.43 Å². The molecular formula is C11H20N2O. The van der Waals surface area contributed by atoms with E-state index in [0.717, 1.165) is 11.3 Å². The predicted molar refractivity (Wildman–Crippen MR) is 57.6 cm³/mol. The lowest BCUT2D eigenvalue weighted by molar-refractivity contribution is 0.365. The fourth-order valence-corrected chi connectivity index (χ4v) is 1.84. The smallest absolute Gasteiger partial charge is 0.101 e. The maximum Gasteiger partial charge on any atom is 0.101 e. The number of hydrogen-bond donors (Lipinski definition) is 2. The van der Waals surface area contributed by atoms with Gasteiger partial charge in [-0.1, -0.05) is 20.3 Å². The molecule has 0 spiro atoms. The standard InChI is InChI=1S/C11H20N2O/c1-4-5-8(2)11(13-12)10-6-9(3)14-7-10/h6-8,11,13H,4-5,12H2,1-3H3. The minimum atomic E-state index is 0.201. The summed E-state index contributed by atoms with van der Waals surface area (Å²) in [7, 11) is 0. The van der Waals surface area contributed by atoms with Gasteiger partial charge in [0.25, 0.3) is 0 Å². The SMILES string of the molecule is CCCC(C)C(NN)c1coc(C)c1. The number of furan rings is 1. The van der Waals surface area contributed by atoms with Crippen LogP contribution in [-0.2, 0) is 0 Å². The van der Waals surface area contributed by atoms with E-state index < -0.39 is 0 Å². The minimum absolute atomic E-state index is 0.201. The molecule has 2 atom stereocenters. The van der Waals surface area contributed by atoms with Crippen molar-refractivity contribution in [2.45, 2.75) is 39.7 Å². The van der Waals surface area contributed by atoms with Crippen molar-refractivity contribution >= 4 is 0 Å². The Kier molecular flexibility index (Phi) is 4.17. The Balaban J connectivity index is 2.71. The molecule has 0 aliphatic heterocycles. The lowest BCUT2D eigenvalue weighted by atomic mass is 9.93. The number of nitrogens with two attached hydrogens (primary N) is 1. The summed E-state index contributed by atoms with van der Waals surface area (Å²) in [5.41, 5.74) is 4.00. The molecule has 0 fully saturated rings. The quantitative estimate of drug-likeness (QED) is 0.562. The number of rotatable bonds is 5. The van der Waals surface area contributed by atoms with Crippen molar-refractivity contribution in [3.8, 4) is 0 Å². The predicted octanol–water partition coefficient (Wildman–Crippen LogP) is 2.53. The van der Waals surface area contributed by atoms with Crippen LogP contribution in [0, 0.1) is 12.8 Å². The molecule has 3 heteroatoms. The van der Waals surface area contributed by atoms with Crippen LogP contribution in [0.2, 0.25) is 0 Å². The first-order chi connectivity index (χ1) is 6.69. The van der Waals surface area contributed by atoms with Gasteiger partial charge in [-0.3, -0.25) is 11.3 Å². The summed E-state index contributed by atoms with van der Waals surface area (Å²) < 4.78 is 5.28. The van der Waals surface area contributed by atoms with Crippen molar-refractivity contribution in [2.75, 3.05) is 0 Å². The van der Waals surface area contributed by atoms with Crippen LogP contribution in [0.25, 0.3) is 0 Å². The highest BCUT2D eigenvalue weighted by molar-refractivity contribution is 5.16. The van der Waals surface area contributed by atoms with Crippen molar-refractivity contribution in [3.63, 3.8) is 0 Å². The lowest BCUT2D eigenvalue weighted by Crippen LogP contribution is -2.32. The van der Waals surface area contributed by atoms with Gasteiger partial charge in [-0.2, -0.15) is 0 Å². The topological polar surface area (TPSA) is 51.2 Å². The summed E-state index contributed by atoms with van der Waals surface area (Å²) in [6.07, 6.45) is 4.13. The van der Waals surface area contributed by atoms with Gasteiger partial charge in [0.1, 0.15) is 5.76 Å². The molecule has 0 saturated heterocycles. The van der Waals surface area contributed by atoms with Crippen LogP contribution in [0.3, 0.4) is 0 Å². The van der Waals surface area contributed by atoms with Gasteiger partial charge in [-0.25, -0.2) is 0 Å². The summed E-state index contributed by atoms with van der Waals surface area (Å²) in [6.45, 7) is 6.34. The molecule has 3 nitrogen and oxygen atoms in total. The molecule has 0 bridgehead atoms. The third kappa shape index (κ3) is 2.59. The Hall–Kier alpha value is -0.800. The second kappa shape index (κ2) is 5.17.